The number of aliphatic hydroxyl groups is 2. The monoisotopic (exact) mass is 782 g/mol. The average Bonchev–Trinajstić information content (AvgIpc) is 3.19. The summed E-state index contributed by atoms with van der Waals surface area (Å²) in [4.78, 5) is 26.0. The van der Waals surface area contributed by atoms with Crippen LogP contribution < -0.4 is 5.32 Å². The summed E-state index contributed by atoms with van der Waals surface area (Å²) in [5.41, 5.74) is 0. The summed E-state index contributed by atoms with van der Waals surface area (Å²) >= 11 is 0. The summed E-state index contributed by atoms with van der Waals surface area (Å²) < 4.78 is 5.89. The van der Waals surface area contributed by atoms with Crippen LogP contribution in [0.3, 0.4) is 0 Å². The number of allylic oxidation sites excluding steroid dienone is 12. The van der Waals surface area contributed by atoms with Crippen LogP contribution >= 0.6 is 0 Å². The first kappa shape index (κ1) is 53.3. The molecular weight excluding hydrogens is 695 g/mol. The largest absolute Gasteiger partial charge is 0.462 e. The molecule has 0 aliphatic carbocycles. The van der Waals surface area contributed by atoms with Gasteiger partial charge in [-0.15, -0.1) is 0 Å². The van der Waals surface area contributed by atoms with Crippen LogP contribution in [0.2, 0.25) is 0 Å². The van der Waals surface area contributed by atoms with Gasteiger partial charge in [-0.2, -0.15) is 0 Å². The lowest BCUT2D eigenvalue weighted by molar-refractivity contribution is -0.151. The van der Waals surface area contributed by atoms with Crippen molar-refractivity contribution < 1.29 is 24.5 Å². The molecule has 6 nitrogen and oxygen atoms in total. The number of nitrogens with one attached hydrogen (secondary N) is 1. The lowest BCUT2D eigenvalue weighted by Gasteiger charge is -2.24. The van der Waals surface area contributed by atoms with Crippen LogP contribution in [-0.2, 0) is 14.3 Å². The summed E-state index contributed by atoms with van der Waals surface area (Å²) in [6, 6.07) is -0.717. The highest BCUT2D eigenvalue weighted by Crippen LogP contribution is 2.17. The zero-order chi connectivity index (χ0) is 41.0. The summed E-state index contributed by atoms with van der Waals surface area (Å²) in [5.74, 6) is -0.529. The van der Waals surface area contributed by atoms with Crippen LogP contribution in [0.1, 0.15) is 207 Å². The molecule has 0 aromatic rings. The SMILES string of the molecule is CC/C=C/C=C/C=C/C=C\CCCCCC(CC(=O)NC(CO)C(O)CCCCCCCCCCCC)OC(=O)CCCCCCCCC/C=C/C/C=C/CC. The molecule has 0 aliphatic heterocycles. The second-order valence-electron chi connectivity index (χ2n) is 15.5. The molecule has 0 fully saturated rings. The Kier molecular flexibility index (Phi) is 41.3. The van der Waals surface area contributed by atoms with Gasteiger partial charge in [0.25, 0.3) is 0 Å². The average molecular weight is 782 g/mol. The first-order chi connectivity index (χ1) is 27.5. The highest BCUT2D eigenvalue weighted by Gasteiger charge is 2.24. The number of esters is 1. The predicted octanol–water partition coefficient (Wildman–Crippen LogP) is 13.4. The molecule has 0 rings (SSSR count). The van der Waals surface area contributed by atoms with E-state index in [2.05, 4.69) is 68.6 Å². The number of rotatable bonds is 40. The van der Waals surface area contributed by atoms with Crippen molar-refractivity contribution in [1.29, 1.82) is 0 Å². The van der Waals surface area contributed by atoms with Gasteiger partial charge in [0, 0.05) is 6.42 Å². The molecule has 0 saturated heterocycles. The van der Waals surface area contributed by atoms with Crippen molar-refractivity contribution in [1.82, 2.24) is 5.32 Å². The summed E-state index contributed by atoms with van der Waals surface area (Å²) in [7, 11) is 0. The molecule has 3 N–H and O–H groups in total. The van der Waals surface area contributed by atoms with Crippen LogP contribution in [0, 0.1) is 0 Å². The van der Waals surface area contributed by atoms with Gasteiger partial charge < -0.3 is 20.3 Å². The van der Waals surface area contributed by atoms with E-state index in [0.717, 1.165) is 89.9 Å². The molecule has 0 spiro atoms. The zero-order valence-electron chi connectivity index (χ0n) is 36.5. The molecule has 0 saturated carbocycles. The van der Waals surface area contributed by atoms with E-state index < -0.39 is 18.2 Å². The fourth-order valence-corrected chi connectivity index (χ4v) is 6.65. The Morgan fingerprint density at radius 2 is 1.05 bits per heavy atom. The van der Waals surface area contributed by atoms with Crippen molar-refractivity contribution in [3.05, 3.63) is 72.9 Å². The number of amides is 1. The van der Waals surface area contributed by atoms with Gasteiger partial charge in [-0.1, -0.05) is 196 Å². The molecule has 0 aromatic carbocycles. The van der Waals surface area contributed by atoms with Crippen molar-refractivity contribution >= 4 is 11.9 Å². The van der Waals surface area contributed by atoms with E-state index in [1.165, 1.54) is 70.6 Å². The van der Waals surface area contributed by atoms with Gasteiger partial charge >= 0.3 is 5.97 Å². The third kappa shape index (κ3) is 38.2. The van der Waals surface area contributed by atoms with Gasteiger partial charge in [-0.05, 0) is 70.6 Å². The lowest BCUT2D eigenvalue weighted by Crippen LogP contribution is -2.46. The number of carbonyl (C=O) groups is 2. The van der Waals surface area contributed by atoms with Gasteiger partial charge in [0.2, 0.25) is 5.91 Å². The second-order valence-corrected chi connectivity index (χ2v) is 15.5. The van der Waals surface area contributed by atoms with Crippen LogP contribution in [0.25, 0.3) is 0 Å². The van der Waals surface area contributed by atoms with E-state index in [1.807, 2.05) is 30.4 Å². The standard InChI is InChI=1S/C50H87NO5/c1-4-7-10-13-16-19-22-24-26-28-31-34-37-40-43-50(55)56-46(41-38-35-32-29-27-25-23-20-17-14-11-8-5-2)44-49(54)51-47(45-52)48(53)42-39-36-33-30-21-18-15-12-9-6-3/h7-8,10-11,14,16-17,19-20,23,25,27,46-48,52-53H,4-6,9,12-13,15,18,21-22,24,26,28-45H2,1-3H3,(H,51,54)/b10-7+,11-8+,17-14+,19-16+,23-20+,27-25-. The summed E-state index contributed by atoms with van der Waals surface area (Å²) in [6.45, 7) is 6.20. The minimum absolute atomic E-state index is 0.0451. The Morgan fingerprint density at radius 3 is 1.68 bits per heavy atom. The normalized spacial score (nSPS) is 14.0. The van der Waals surface area contributed by atoms with E-state index in [9.17, 15) is 19.8 Å². The quantitative estimate of drug-likeness (QED) is 0.0249. The minimum atomic E-state index is -0.800. The maximum atomic E-state index is 13.1. The lowest BCUT2D eigenvalue weighted by atomic mass is 10.0. The molecule has 6 heteroatoms. The van der Waals surface area contributed by atoms with Crippen molar-refractivity contribution in [2.24, 2.45) is 0 Å². The molecule has 0 aliphatic rings. The molecule has 56 heavy (non-hydrogen) atoms. The first-order valence-corrected chi connectivity index (χ1v) is 23.2. The van der Waals surface area contributed by atoms with Crippen LogP contribution in [0.4, 0.5) is 0 Å². The molecular formula is C50H87NO5. The number of unbranched alkanes of at least 4 members (excludes halogenated alkanes) is 19. The summed E-state index contributed by atoms with van der Waals surface area (Å²) in [6.07, 6.45) is 53.9. The number of hydrogen-bond donors (Lipinski definition) is 3. The first-order valence-electron chi connectivity index (χ1n) is 23.2. The second kappa shape index (κ2) is 43.4. The van der Waals surface area contributed by atoms with Crippen LogP contribution in [0.5, 0.6) is 0 Å². The molecule has 3 atom stereocenters. The maximum Gasteiger partial charge on any atom is 0.306 e. The molecule has 3 unspecified atom stereocenters. The Bertz CT molecular complexity index is 1060. The van der Waals surface area contributed by atoms with Gasteiger partial charge in [0.1, 0.15) is 6.10 Å². The van der Waals surface area contributed by atoms with Crippen LogP contribution in [-0.4, -0.2) is 46.9 Å². The molecule has 0 bridgehead atoms. The number of carbonyl (C=O) groups excluding carboxylic acids is 2. The number of hydrogen-bond acceptors (Lipinski definition) is 5. The Labute approximate surface area is 345 Å². The fraction of sp³-hybridized carbons (Fsp3) is 0.720. The van der Waals surface area contributed by atoms with Gasteiger partial charge in [0.05, 0.1) is 25.2 Å². The van der Waals surface area contributed by atoms with Gasteiger partial charge in [0.15, 0.2) is 0 Å². The Hall–Kier alpha value is -2.70. The van der Waals surface area contributed by atoms with Crippen molar-refractivity contribution in [3.63, 3.8) is 0 Å². The van der Waals surface area contributed by atoms with Gasteiger partial charge in [-0.3, -0.25) is 9.59 Å². The Morgan fingerprint density at radius 1 is 0.554 bits per heavy atom. The fourth-order valence-electron chi connectivity index (χ4n) is 6.65. The minimum Gasteiger partial charge on any atom is -0.462 e. The predicted molar refractivity (Wildman–Crippen MR) is 241 cm³/mol. The topological polar surface area (TPSA) is 95.9 Å². The van der Waals surface area contributed by atoms with Crippen molar-refractivity contribution in [2.75, 3.05) is 6.61 Å². The van der Waals surface area contributed by atoms with E-state index >= 15 is 0 Å². The van der Waals surface area contributed by atoms with Crippen molar-refractivity contribution in [2.45, 2.75) is 225 Å². The van der Waals surface area contributed by atoms with E-state index in [4.69, 9.17) is 4.74 Å². The van der Waals surface area contributed by atoms with Gasteiger partial charge in [-0.25, -0.2) is 0 Å². The third-order valence-corrected chi connectivity index (χ3v) is 10.1. The number of ether oxygens (including phenoxy) is 1. The third-order valence-electron chi connectivity index (χ3n) is 10.1. The highest BCUT2D eigenvalue weighted by atomic mass is 16.5. The molecule has 322 valence electrons. The van der Waals surface area contributed by atoms with E-state index in [1.54, 1.807) is 0 Å². The maximum absolute atomic E-state index is 13.1. The number of aliphatic hydroxyl groups excluding tert-OH is 2. The zero-order valence-corrected chi connectivity index (χ0v) is 36.5. The molecule has 1 amide bonds. The highest BCUT2D eigenvalue weighted by molar-refractivity contribution is 5.77. The van der Waals surface area contributed by atoms with Crippen molar-refractivity contribution in [3.8, 4) is 0 Å². The Balaban J connectivity index is 4.69. The van der Waals surface area contributed by atoms with Crippen LogP contribution in [0.15, 0.2) is 72.9 Å². The summed E-state index contributed by atoms with van der Waals surface area (Å²) in [5, 5.41) is 23.6. The van der Waals surface area contributed by atoms with E-state index in [-0.39, 0.29) is 24.9 Å². The molecule has 0 aromatic heterocycles. The van der Waals surface area contributed by atoms with E-state index in [0.29, 0.717) is 19.3 Å². The smallest absolute Gasteiger partial charge is 0.306 e. The molecule has 0 heterocycles. The molecule has 0 radical (unpaired) electrons.